The van der Waals surface area contributed by atoms with Gasteiger partial charge in [0.25, 0.3) is 5.91 Å². The second-order valence-corrected chi connectivity index (χ2v) is 7.33. The Morgan fingerprint density at radius 2 is 2.00 bits per heavy atom. The van der Waals surface area contributed by atoms with Gasteiger partial charge in [0.1, 0.15) is 6.61 Å². The zero-order chi connectivity index (χ0) is 17.6. The fraction of sp³-hybridized carbons (Fsp3) is 0.550. The molecule has 0 unspecified atom stereocenters. The highest BCUT2D eigenvalue weighted by Crippen LogP contribution is 2.31. The third-order valence-electron chi connectivity index (χ3n) is 4.71. The highest BCUT2D eigenvalue weighted by molar-refractivity contribution is 5.77. The van der Waals surface area contributed by atoms with Gasteiger partial charge in [-0.1, -0.05) is 24.3 Å². The summed E-state index contributed by atoms with van der Waals surface area (Å²) in [5.41, 5.74) is 0. The molecule has 136 valence electrons. The number of allylic oxidation sites excluding steroid dienone is 2. The van der Waals surface area contributed by atoms with Crippen LogP contribution in [-0.2, 0) is 4.79 Å². The molecule has 1 N–H and O–H groups in total. The third kappa shape index (κ3) is 4.98. The molecule has 1 aromatic carbocycles. The molecule has 1 heterocycles. The van der Waals surface area contributed by atoms with E-state index in [4.69, 9.17) is 9.47 Å². The smallest absolute Gasteiger partial charge is 0.277 e. The molecule has 25 heavy (non-hydrogen) atoms. The first-order chi connectivity index (χ1) is 12.1. The van der Waals surface area contributed by atoms with Crippen LogP contribution < -0.4 is 14.4 Å². The van der Waals surface area contributed by atoms with Crippen LogP contribution in [0.15, 0.2) is 36.4 Å². The number of fused-ring (bicyclic) bond motifs is 1. The normalized spacial score (nSPS) is 22.0. The molecule has 0 spiro atoms. The number of carbonyl (C=O) groups is 1. The molecule has 1 aromatic rings. The van der Waals surface area contributed by atoms with Gasteiger partial charge in [-0.2, -0.15) is 0 Å². The maximum atomic E-state index is 12.7. The van der Waals surface area contributed by atoms with Crippen LogP contribution in [0.2, 0.25) is 0 Å². The van der Waals surface area contributed by atoms with Crippen LogP contribution in [0.3, 0.4) is 0 Å². The largest absolute Gasteiger partial charge is 0.486 e. The van der Waals surface area contributed by atoms with Crippen LogP contribution >= 0.6 is 0 Å². The van der Waals surface area contributed by atoms with Gasteiger partial charge in [-0.25, -0.2) is 0 Å². The van der Waals surface area contributed by atoms with Crippen molar-refractivity contribution in [3.05, 3.63) is 36.4 Å². The summed E-state index contributed by atoms with van der Waals surface area (Å²) in [7, 11) is 4.02. The Balaban J connectivity index is 1.64. The number of likely N-dealkylation sites (N-methyl/N-ethyl adjacent to an activating group) is 1. The first-order valence-corrected chi connectivity index (χ1v) is 9.22. The lowest BCUT2D eigenvalue weighted by Crippen LogP contribution is -3.07. The van der Waals surface area contributed by atoms with E-state index in [2.05, 4.69) is 12.2 Å². The summed E-state index contributed by atoms with van der Waals surface area (Å²) in [6, 6.07) is 7.72. The van der Waals surface area contributed by atoms with Crippen molar-refractivity contribution < 1.29 is 19.2 Å². The molecular formula is C20H29N2O3+. The number of amides is 1. The first kappa shape index (κ1) is 17.8. The number of hydrogen-bond acceptors (Lipinski definition) is 3. The van der Waals surface area contributed by atoms with Crippen molar-refractivity contribution in [2.24, 2.45) is 5.92 Å². The predicted molar refractivity (Wildman–Crippen MR) is 97.1 cm³/mol. The van der Waals surface area contributed by atoms with E-state index in [1.165, 1.54) is 0 Å². The van der Waals surface area contributed by atoms with E-state index < -0.39 is 0 Å². The van der Waals surface area contributed by atoms with E-state index in [0.717, 1.165) is 42.2 Å². The average molecular weight is 345 g/mol. The number of benzene rings is 1. The molecule has 3 rings (SSSR count). The van der Waals surface area contributed by atoms with Gasteiger partial charge in [0.05, 0.1) is 20.6 Å². The second-order valence-electron chi connectivity index (χ2n) is 7.33. The van der Waals surface area contributed by atoms with E-state index in [1.54, 1.807) is 0 Å². The van der Waals surface area contributed by atoms with Gasteiger partial charge < -0.3 is 19.3 Å². The van der Waals surface area contributed by atoms with Crippen molar-refractivity contribution in [2.45, 2.75) is 25.4 Å². The zero-order valence-electron chi connectivity index (χ0n) is 15.2. The molecular weight excluding hydrogens is 316 g/mol. The summed E-state index contributed by atoms with van der Waals surface area (Å²) in [6.45, 7) is 2.38. The highest BCUT2D eigenvalue weighted by atomic mass is 16.6. The number of carbonyl (C=O) groups excluding carboxylic acids is 1. The molecule has 0 bridgehead atoms. The Kier molecular flexibility index (Phi) is 5.97. The van der Waals surface area contributed by atoms with Gasteiger partial charge >= 0.3 is 0 Å². The highest BCUT2D eigenvalue weighted by Gasteiger charge is 2.28. The summed E-state index contributed by atoms with van der Waals surface area (Å²) in [5, 5.41) is 0. The fourth-order valence-electron chi connectivity index (χ4n) is 3.43. The van der Waals surface area contributed by atoms with Crippen LogP contribution in [-0.4, -0.2) is 57.2 Å². The number of quaternary nitrogens is 1. The van der Waals surface area contributed by atoms with Crippen molar-refractivity contribution >= 4 is 5.91 Å². The van der Waals surface area contributed by atoms with Crippen LogP contribution in [0.4, 0.5) is 0 Å². The molecule has 0 radical (unpaired) electrons. The quantitative estimate of drug-likeness (QED) is 0.787. The molecule has 1 aliphatic carbocycles. The van der Waals surface area contributed by atoms with Crippen molar-refractivity contribution in [3.8, 4) is 11.5 Å². The number of ether oxygens (including phenoxy) is 2. The maximum absolute atomic E-state index is 12.7. The second kappa shape index (κ2) is 8.39. The Bertz CT molecular complexity index is 615. The van der Waals surface area contributed by atoms with Crippen molar-refractivity contribution in [2.75, 3.05) is 40.3 Å². The number of rotatable bonds is 6. The molecule has 5 nitrogen and oxygen atoms in total. The van der Waals surface area contributed by atoms with Crippen LogP contribution in [0.25, 0.3) is 0 Å². The van der Waals surface area contributed by atoms with E-state index in [-0.39, 0.29) is 12.0 Å². The maximum Gasteiger partial charge on any atom is 0.277 e. The minimum absolute atomic E-state index is 0.116. The monoisotopic (exact) mass is 345 g/mol. The average Bonchev–Trinajstić information content (AvgIpc) is 2.61. The van der Waals surface area contributed by atoms with Gasteiger partial charge in [0.2, 0.25) is 0 Å². The molecule has 2 aliphatic rings. The van der Waals surface area contributed by atoms with Crippen LogP contribution in [0.1, 0.15) is 19.3 Å². The van der Waals surface area contributed by atoms with Gasteiger partial charge in [-0.3, -0.25) is 4.79 Å². The lowest BCUT2D eigenvalue weighted by atomic mass is 9.94. The van der Waals surface area contributed by atoms with E-state index in [1.807, 2.05) is 43.3 Å². The molecule has 5 heteroatoms. The Morgan fingerprint density at radius 1 is 1.20 bits per heavy atom. The van der Waals surface area contributed by atoms with Gasteiger partial charge in [-0.05, 0) is 37.3 Å². The number of hydrogen-bond donors (Lipinski definition) is 1. The molecule has 0 fully saturated rings. The Morgan fingerprint density at radius 3 is 2.72 bits per heavy atom. The Labute approximate surface area is 150 Å². The number of nitrogens with one attached hydrogen (secondary N) is 1. The molecule has 1 aliphatic heterocycles. The minimum atomic E-state index is -0.116. The van der Waals surface area contributed by atoms with Crippen LogP contribution in [0.5, 0.6) is 11.5 Å². The summed E-state index contributed by atoms with van der Waals surface area (Å²) in [4.78, 5) is 15.9. The summed E-state index contributed by atoms with van der Waals surface area (Å²) in [5.74, 6) is 2.29. The molecule has 0 saturated heterocycles. The summed E-state index contributed by atoms with van der Waals surface area (Å²) < 4.78 is 11.9. The van der Waals surface area contributed by atoms with Crippen molar-refractivity contribution in [1.29, 1.82) is 0 Å². The first-order valence-electron chi connectivity index (χ1n) is 9.22. The summed E-state index contributed by atoms with van der Waals surface area (Å²) in [6.07, 6.45) is 7.69. The van der Waals surface area contributed by atoms with Gasteiger partial charge in [0.15, 0.2) is 24.1 Å². The fourth-order valence-corrected chi connectivity index (χ4v) is 3.43. The van der Waals surface area contributed by atoms with Gasteiger partial charge in [-0.15, -0.1) is 0 Å². The Hall–Kier alpha value is -2.01. The minimum Gasteiger partial charge on any atom is -0.486 e. The van der Waals surface area contributed by atoms with E-state index in [0.29, 0.717) is 25.6 Å². The predicted octanol–water partition coefficient (Wildman–Crippen LogP) is 1.16. The molecule has 2 atom stereocenters. The third-order valence-corrected chi connectivity index (χ3v) is 4.71. The van der Waals surface area contributed by atoms with Crippen molar-refractivity contribution in [1.82, 2.24) is 4.90 Å². The lowest BCUT2D eigenvalue weighted by molar-refractivity contribution is -0.849. The van der Waals surface area contributed by atoms with Gasteiger partial charge in [0, 0.05) is 6.54 Å². The molecule has 0 saturated carbocycles. The number of para-hydroxylation sites is 2. The summed E-state index contributed by atoms with van der Waals surface area (Å²) >= 11 is 0. The lowest BCUT2D eigenvalue weighted by Gasteiger charge is -2.33. The van der Waals surface area contributed by atoms with E-state index >= 15 is 0 Å². The van der Waals surface area contributed by atoms with Crippen molar-refractivity contribution in [3.63, 3.8) is 0 Å². The SMILES string of the molecule is C[NH+](C)CC(=O)N(C[C@@H]1CC=CCC1)C[C@H]1COc2ccccc2O1. The topological polar surface area (TPSA) is 43.2 Å². The van der Waals surface area contributed by atoms with Crippen LogP contribution in [0, 0.1) is 5.92 Å². The van der Waals surface area contributed by atoms with E-state index in [9.17, 15) is 4.79 Å². The molecule has 1 amide bonds. The zero-order valence-corrected chi connectivity index (χ0v) is 15.2. The number of nitrogens with zero attached hydrogens (tertiary/aromatic N) is 1. The molecule has 0 aromatic heterocycles. The standard InChI is InChI=1S/C20H28N2O3/c1-21(2)14-20(23)22(12-16-8-4-3-5-9-16)13-17-15-24-18-10-6-7-11-19(18)25-17/h3-4,6-7,10-11,16-17H,5,8-9,12-15H2,1-2H3/p+1/t16-,17+/m1/s1.